The van der Waals surface area contributed by atoms with E-state index in [1.165, 1.54) is 28.8 Å². The molecule has 0 saturated carbocycles. The van der Waals surface area contributed by atoms with Crippen molar-refractivity contribution < 1.29 is 22.7 Å². The summed E-state index contributed by atoms with van der Waals surface area (Å²) in [5.74, 6) is 1.06. The normalized spacial score (nSPS) is 22.0. The predicted octanol–water partition coefficient (Wildman–Crippen LogP) is 4.46. The van der Waals surface area contributed by atoms with Gasteiger partial charge in [-0.15, -0.1) is 11.8 Å². The van der Waals surface area contributed by atoms with Gasteiger partial charge in [-0.25, -0.2) is 0 Å². The number of hydrogen-bond acceptors (Lipinski definition) is 4. The highest BCUT2D eigenvalue weighted by Crippen LogP contribution is 2.46. The fourth-order valence-electron chi connectivity index (χ4n) is 3.35. The molecule has 2 aliphatic heterocycles. The van der Waals surface area contributed by atoms with E-state index in [4.69, 9.17) is 17.0 Å². The zero-order valence-electron chi connectivity index (χ0n) is 14.6. The van der Waals surface area contributed by atoms with Gasteiger partial charge in [0.05, 0.1) is 18.4 Å². The quantitative estimate of drug-likeness (QED) is 0.680. The number of benzene rings is 2. The number of ether oxygens (including phenoxy) is 1. The fourth-order valence-corrected chi connectivity index (χ4v) is 5.27. The minimum Gasteiger partial charge on any atom is -0.497 e. The topological polar surface area (TPSA) is 32.8 Å². The number of nitrogens with zero attached hydrogens (tertiary/aromatic N) is 2. The number of carbonyl (C=O) groups excluding carboxylic acids is 1. The molecule has 2 heterocycles. The van der Waals surface area contributed by atoms with Crippen molar-refractivity contribution >= 4 is 40.7 Å². The summed E-state index contributed by atoms with van der Waals surface area (Å²) < 4.78 is 43.6. The zero-order chi connectivity index (χ0) is 20.1. The zero-order valence-corrected chi connectivity index (χ0v) is 16.3. The molecular weight excluding hydrogens is 409 g/mol. The molecule has 0 bridgehead atoms. The number of amides is 1. The first-order chi connectivity index (χ1) is 13.3. The van der Waals surface area contributed by atoms with Gasteiger partial charge in [0, 0.05) is 5.75 Å². The van der Waals surface area contributed by atoms with Crippen LogP contribution in [-0.2, 0) is 11.0 Å². The van der Waals surface area contributed by atoms with Crippen LogP contribution in [0.4, 0.5) is 18.9 Å². The molecule has 1 amide bonds. The van der Waals surface area contributed by atoms with Crippen molar-refractivity contribution in [1.29, 1.82) is 0 Å². The number of carbonyl (C=O) groups is 1. The van der Waals surface area contributed by atoms with Crippen LogP contribution in [0.15, 0.2) is 48.5 Å². The van der Waals surface area contributed by atoms with Crippen molar-refractivity contribution in [3.63, 3.8) is 0 Å². The van der Waals surface area contributed by atoms with Crippen LogP contribution in [0.25, 0.3) is 0 Å². The van der Waals surface area contributed by atoms with Gasteiger partial charge in [-0.3, -0.25) is 9.69 Å². The molecule has 4 nitrogen and oxygen atoms in total. The van der Waals surface area contributed by atoms with Crippen LogP contribution in [0.1, 0.15) is 16.5 Å². The van der Waals surface area contributed by atoms with Crippen molar-refractivity contribution in [2.24, 2.45) is 0 Å². The fraction of sp³-hybridized carbons (Fsp3) is 0.263. The van der Waals surface area contributed by atoms with E-state index in [1.807, 2.05) is 4.90 Å². The summed E-state index contributed by atoms with van der Waals surface area (Å²) in [6, 6.07) is 11.6. The van der Waals surface area contributed by atoms with Crippen molar-refractivity contribution in [1.82, 2.24) is 4.90 Å². The molecule has 2 aromatic carbocycles. The number of hydrogen-bond donors (Lipinski definition) is 0. The third-order valence-corrected chi connectivity index (χ3v) is 6.49. The maximum Gasteiger partial charge on any atom is 0.416 e. The van der Waals surface area contributed by atoms with Crippen molar-refractivity contribution in [3.05, 3.63) is 59.7 Å². The van der Waals surface area contributed by atoms with Gasteiger partial charge in [-0.2, -0.15) is 13.2 Å². The Morgan fingerprint density at radius 3 is 2.32 bits per heavy atom. The first-order valence-corrected chi connectivity index (χ1v) is 9.86. The molecular formula is C19H15F3N2O2S2. The van der Waals surface area contributed by atoms with Gasteiger partial charge in [-0.05, 0) is 54.2 Å². The Kier molecular flexibility index (Phi) is 4.75. The van der Waals surface area contributed by atoms with Crippen molar-refractivity contribution in [2.75, 3.05) is 17.8 Å². The number of anilines is 1. The highest BCUT2D eigenvalue weighted by atomic mass is 32.2. The molecule has 9 heteroatoms. The minimum absolute atomic E-state index is 0.128. The summed E-state index contributed by atoms with van der Waals surface area (Å²) >= 11 is 7.07. The molecule has 0 aliphatic carbocycles. The maximum absolute atomic E-state index is 12.9. The van der Waals surface area contributed by atoms with Gasteiger partial charge < -0.3 is 9.64 Å². The van der Waals surface area contributed by atoms with Gasteiger partial charge in [-0.1, -0.05) is 12.1 Å². The van der Waals surface area contributed by atoms with Crippen LogP contribution < -0.4 is 9.64 Å². The second-order valence-corrected chi connectivity index (χ2v) is 7.86. The summed E-state index contributed by atoms with van der Waals surface area (Å²) in [6.45, 7) is 0. The molecule has 2 saturated heterocycles. The van der Waals surface area contributed by atoms with Crippen LogP contribution in [-0.4, -0.2) is 34.8 Å². The number of thiocarbonyl (C=S) groups is 1. The lowest BCUT2D eigenvalue weighted by Crippen LogP contribution is -2.33. The molecule has 0 spiro atoms. The first-order valence-electron chi connectivity index (χ1n) is 8.40. The Morgan fingerprint density at radius 1 is 1.11 bits per heavy atom. The van der Waals surface area contributed by atoms with Crippen LogP contribution in [0, 0.1) is 0 Å². The molecule has 146 valence electrons. The second kappa shape index (κ2) is 6.97. The number of fused-ring (bicyclic) bond motifs is 1. The number of alkyl halides is 3. The Labute approximate surface area is 169 Å². The average Bonchev–Trinajstić information content (AvgIpc) is 3.22. The lowest BCUT2D eigenvalue weighted by atomic mass is 10.1. The van der Waals surface area contributed by atoms with E-state index in [-0.39, 0.29) is 11.3 Å². The van der Waals surface area contributed by atoms with Gasteiger partial charge in [0.1, 0.15) is 17.2 Å². The largest absolute Gasteiger partial charge is 0.497 e. The Hall–Kier alpha value is -2.26. The van der Waals surface area contributed by atoms with E-state index >= 15 is 0 Å². The van der Waals surface area contributed by atoms with E-state index < -0.39 is 17.8 Å². The van der Waals surface area contributed by atoms with Crippen LogP contribution >= 0.6 is 24.0 Å². The smallest absolute Gasteiger partial charge is 0.416 e. The highest BCUT2D eigenvalue weighted by molar-refractivity contribution is 7.99. The molecule has 2 atom stereocenters. The van der Waals surface area contributed by atoms with Gasteiger partial charge in [0.25, 0.3) is 5.91 Å². The van der Waals surface area contributed by atoms with Crippen LogP contribution in [0.5, 0.6) is 5.75 Å². The lowest BCUT2D eigenvalue weighted by Gasteiger charge is -2.26. The van der Waals surface area contributed by atoms with Gasteiger partial charge in [0.2, 0.25) is 0 Å². The summed E-state index contributed by atoms with van der Waals surface area (Å²) in [5.41, 5.74) is 0.629. The molecule has 2 aliphatic rings. The average molecular weight is 424 g/mol. The number of halogens is 3. The summed E-state index contributed by atoms with van der Waals surface area (Å²) in [5, 5.41) is 0.0575. The molecule has 0 aromatic heterocycles. The Morgan fingerprint density at radius 2 is 1.75 bits per heavy atom. The van der Waals surface area contributed by atoms with Gasteiger partial charge in [0.15, 0.2) is 5.11 Å². The van der Waals surface area contributed by atoms with Crippen molar-refractivity contribution in [3.8, 4) is 5.75 Å². The third-order valence-electron chi connectivity index (χ3n) is 4.77. The molecule has 0 radical (unpaired) electrons. The molecule has 0 unspecified atom stereocenters. The van der Waals surface area contributed by atoms with Crippen LogP contribution in [0.3, 0.4) is 0 Å². The standard InChI is InChI=1S/C19H15F3N2O2S2/c1-26-14-8-6-13(7-9-14)23-16(25)15-10-28-17(24(15)18(23)27)11-2-4-12(5-3-11)19(20,21)22/h2-9,15,17H,10H2,1H3/t15-,17-/m0/s1. The molecule has 4 rings (SSSR count). The predicted molar refractivity (Wildman–Crippen MR) is 105 cm³/mol. The lowest BCUT2D eigenvalue weighted by molar-refractivity contribution is -0.137. The van der Waals surface area contributed by atoms with E-state index in [1.54, 1.807) is 31.4 Å². The number of rotatable bonds is 3. The van der Waals surface area contributed by atoms with E-state index in [0.717, 1.165) is 12.1 Å². The van der Waals surface area contributed by atoms with Crippen molar-refractivity contribution in [2.45, 2.75) is 17.6 Å². The number of thioether (sulfide) groups is 1. The molecule has 0 N–H and O–H groups in total. The first kappa shape index (κ1) is 19.1. The van der Waals surface area contributed by atoms with E-state index in [9.17, 15) is 18.0 Å². The minimum atomic E-state index is -4.38. The Bertz CT molecular complexity index is 916. The Balaban J connectivity index is 1.61. The monoisotopic (exact) mass is 424 g/mol. The summed E-state index contributed by atoms with van der Waals surface area (Å²) in [6.07, 6.45) is -4.38. The summed E-state index contributed by atoms with van der Waals surface area (Å²) in [7, 11) is 1.56. The van der Waals surface area contributed by atoms with Crippen LogP contribution in [0.2, 0.25) is 0 Å². The maximum atomic E-state index is 12.9. The van der Waals surface area contributed by atoms with E-state index in [0.29, 0.717) is 27.9 Å². The second-order valence-electron chi connectivity index (χ2n) is 6.38. The highest BCUT2D eigenvalue weighted by Gasteiger charge is 2.50. The molecule has 2 fully saturated rings. The third kappa shape index (κ3) is 3.12. The SMILES string of the molecule is COc1ccc(N2C(=O)[C@@H]3CS[C@@H](c4ccc(C(F)(F)F)cc4)N3C2=S)cc1. The summed E-state index contributed by atoms with van der Waals surface area (Å²) in [4.78, 5) is 16.2. The molecule has 2 aromatic rings. The molecule has 28 heavy (non-hydrogen) atoms. The number of methoxy groups -OCH3 is 1. The van der Waals surface area contributed by atoms with Gasteiger partial charge >= 0.3 is 6.18 Å². The van der Waals surface area contributed by atoms with E-state index in [2.05, 4.69) is 0 Å².